The zero-order chi connectivity index (χ0) is 9.14. The van der Waals surface area contributed by atoms with Gasteiger partial charge in [-0.2, -0.15) is 0 Å². The molecule has 0 fully saturated rings. The number of thiophene rings is 1. The molecule has 1 N–H and O–H groups in total. The van der Waals surface area contributed by atoms with E-state index in [4.69, 9.17) is 5.11 Å². The molecule has 0 saturated heterocycles. The van der Waals surface area contributed by atoms with Gasteiger partial charge in [-0.15, -0.1) is 23.1 Å². The fourth-order valence-corrected chi connectivity index (χ4v) is 3.33. The van der Waals surface area contributed by atoms with Crippen LogP contribution in [-0.2, 0) is 4.79 Å². The largest absolute Gasteiger partial charge is 0.480 e. The molecule has 1 aromatic rings. The summed E-state index contributed by atoms with van der Waals surface area (Å²) in [6.45, 7) is 1.68. The quantitative estimate of drug-likeness (QED) is 0.855. The van der Waals surface area contributed by atoms with Crippen LogP contribution >= 0.6 is 39.0 Å². The zero-order valence-corrected chi connectivity index (χ0v) is 9.50. The van der Waals surface area contributed by atoms with Gasteiger partial charge in [0, 0.05) is 9.85 Å². The summed E-state index contributed by atoms with van der Waals surface area (Å²) in [4.78, 5) is 10.5. The lowest BCUT2D eigenvalue weighted by Gasteiger charge is -2.01. The summed E-state index contributed by atoms with van der Waals surface area (Å²) in [5.41, 5.74) is 0. The highest BCUT2D eigenvalue weighted by Crippen LogP contribution is 2.31. The average molecular weight is 267 g/mol. The highest BCUT2D eigenvalue weighted by Gasteiger charge is 2.13. The molecule has 0 aromatic carbocycles. The monoisotopic (exact) mass is 266 g/mol. The Balaban J connectivity index is 2.58. The van der Waals surface area contributed by atoms with E-state index in [-0.39, 0.29) is 5.25 Å². The zero-order valence-electron chi connectivity index (χ0n) is 6.28. The predicted molar refractivity (Wildman–Crippen MR) is 55.0 cm³/mol. The summed E-state index contributed by atoms with van der Waals surface area (Å²) in [7, 11) is 0. The van der Waals surface area contributed by atoms with E-state index in [0.717, 1.165) is 8.68 Å². The van der Waals surface area contributed by atoms with E-state index in [9.17, 15) is 4.79 Å². The van der Waals surface area contributed by atoms with Gasteiger partial charge in [0.25, 0.3) is 0 Å². The molecule has 1 heterocycles. The van der Waals surface area contributed by atoms with Crippen LogP contribution in [0.4, 0.5) is 0 Å². The Morgan fingerprint density at radius 2 is 2.50 bits per heavy atom. The van der Waals surface area contributed by atoms with Gasteiger partial charge in [-0.3, -0.25) is 4.79 Å². The summed E-state index contributed by atoms with van der Waals surface area (Å²) >= 11 is 6.22. The Hall–Kier alpha value is -0.000000000000000111. The van der Waals surface area contributed by atoms with Crippen LogP contribution in [0.2, 0.25) is 0 Å². The molecule has 0 spiro atoms. The number of hydrogen-bond acceptors (Lipinski definition) is 3. The summed E-state index contributed by atoms with van der Waals surface area (Å²) in [6.07, 6.45) is 0. The third kappa shape index (κ3) is 2.80. The normalized spacial score (nSPS) is 12.8. The topological polar surface area (TPSA) is 37.3 Å². The molecule has 1 rings (SSSR count). The molecule has 12 heavy (non-hydrogen) atoms. The minimum Gasteiger partial charge on any atom is -0.480 e. The maximum atomic E-state index is 10.5. The van der Waals surface area contributed by atoms with Crippen molar-refractivity contribution in [2.24, 2.45) is 0 Å². The molecule has 0 aliphatic carbocycles. The summed E-state index contributed by atoms with van der Waals surface area (Å²) in [5, 5.41) is 10.2. The Labute approximate surface area is 87.1 Å². The van der Waals surface area contributed by atoms with E-state index in [0.29, 0.717) is 0 Å². The van der Waals surface area contributed by atoms with Gasteiger partial charge in [0.2, 0.25) is 0 Å². The molecule has 0 saturated carbocycles. The van der Waals surface area contributed by atoms with Crippen LogP contribution in [0.5, 0.6) is 0 Å². The van der Waals surface area contributed by atoms with Crippen LogP contribution in [0, 0.1) is 0 Å². The number of aliphatic carboxylic acids is 1. The Morgan fingerprint density at radius 3 is 2.92 bits per heavy atom. The smallest absolute Gasteiger partial charge is 0.316 e. The number of halogens is 1. The minimum absolute atomic E-state index is 0.379. The lowest BCUT2D eigenvalue weighted by Crippen LogP contribution is -2.10. The van der Waals surface area contributed by atoms with E-state index in [1.807, 2.05) is 11.4 Å². The van der Waals surface area contributed by atoms with E-state index < -0.39 is 5.97 Å². The lowest BCUT2D eigenvalue weighted by molar-refractivity contribution is -0.136. The van der Waals surface area contributed by atoms with Crippen LogP contribution in [-0.4, -0.2) is 16.3 Å². The SMILES string of the molecule is CC(Sc1cc(Br)cs1)C(=O)O. The summed E-state index contributed by atoms with van der Waals surface area (Å²) in [6, 6.07) is 1.93. The molecule has 1 atom stereocenters. The number of carbonyl (C=O) groups is 1. The number of hydrogen-bond donors (Lipinski definition) is 1. The molecule has 0 aliphatic heterocycles. The first kappa shape index (κ1) is 10.1. The van der Waals surface area contributed by atoms with Crippen molar-refractivity contribution in [1.29, 1.82) is 0 Å². The van der Waals surface area contributed by atoms with Crippen LogP contribution in [0.25, 0.3) is 0 Å². The molecule has 0 bridgehead atoms. The molecule has 5 heteroatoms. The maximum Gasteiger partial charge on any atom is 0.316 e. The van der Waals surface area contributed by atoms with Crippen molar-refractivity contribution in [3.8, 4) is 0 Å². The lowest BCUT2D eigenvalue weighted by atomic mass is 10.5. The van der Waals surface area contributed by atoms with E-state index in [1.54, 1.807) is 18.3 Å². The number of rotatable bonds is 3. The van der Waals surface area contributed by atoms with Crippen molar-refractivity contribution in [2.75, 3.05) is 0 Å². The molecule has 1 aromatic heterocycles. The van der Waals surface area contributed by atoms with E-state index in [1.165, 1.54) is 11.8 Å². The molecular weight excluding hydrogens is 260 g/mol. The summed E-state index contributed by atoms with van der Waals surface area (Å²) < 4.78 is 2.03. The Morgan fingerprint density at radius 1 is 1.83 bits per heavy atom. The first-order valence-corrected chi connectivity index (χ1v) is 5.78. The average Bonchev–Trinajstić information content (AvgIpc) is 2.35. The minimum atomic E-state index is -0.774. The van der Waals surface area contributed by atoms with E-state index in [2.05, 4.69) is 15.9 Å². The van der Waals surface area contributed by atoms with Crippen molar-refractivity contribution >= 4 is 45.0 Å². The summed E-state index contributed by atoms with van der Waals surface area (Å²) in [5.74, 6) is -0.774. The van der Waals surface area contributed by atoms with Crippen LogP contribution in [0.1, 0.15) is 6.92 Å². The molecule has 0 aliphatic rings. The first-order valence-electron chi connectivity index (χ1n) is 3.23. The highest BCUT2D eigenvalue weighted by atomic mass is 79.9. The standard InChI is InChI=1S/C7H7BrO2S2/c1-4(7(9)10)12-6-2-5(8)3-11-6/h2-4H,1H3,(H,9,10). The van der Waals surface area contributed by atoms with Gasteiger partial charge in [0.15, 0.2) is 0 Å². The molecule has 2 nitrogen and oxygen atoms in total. The fraction of sp³-hybridized carbons (Fsp3) is 0.286. The van der Waals surface area contributed by atoms with Crippen molar-refractivity contribution in [3.05, 3.63) is 15.9 Å². The van der Waals surface area contributed by atoms with Gasteiger partial charge in [0.05, 0.1) is 4.21 Å². The van der Waals surface area contributed by atoms with Gasteiger partial charge in [-0.05, 0) is 28.9 Å². The molecular formula is C7H7BrO2S2. The number of carboxylic acid groups (broad SMARTS) is 1. The predicted octanol–water partition coefficient (Wildman–Crippen LogP) is 3.08. The van der Waals surface area contributed by atoms with Gasteiger partial charge in [-0.1, -0.05) is 0 Å². The van der Waals surface area contributed by atoms with Crippen LogP contribution in [0.15, 0.2) is 20.1 Å². The molecule has 0 amide bonds. The molecule has 1 unspecified atom stereocenters. The van der Waals surface area contributed by atoms with Gasteiger partial charge in [-0.25, -0.2) is 0 Å². The fourth-order valence-electron chi connectivity index (χ4n) is 0.581. The van der Waals surface area contributed by atoms with Crippen LogP contribution in [0.3, 0.4) is 0 Å². The Bertz CT molecular complexity index is 285. The first-order chi connectivity index (χ1) is 5.59. The van der Waals surface area contributed by atoms with Crippen molar-refractivity contribution in [3.63, 3.8) is 0 Å². The van der Waals surface area contributed by atoms with Gasteiger partial charge < -0.3 is 5.11 Å². The van der Waals surface area contributed by atoms with Crippen LogP contribution < -0.4 is 0 Å². The van der Waals surface area contributed by atoms with Gasteiger partial charge >= 0.3 is 5.97 Å². The second-order valence-corrected chi connectivity index (χ2v) is 5.65. The molecule has 0 radical (unpaired) electrons. The van der Waals surface area contributed by atoms with E-state index >= 15 is 0 Å². The Kier molecular flexibility index (Phi) is 3.61. The number of carboxylic acids is 1. The third-order valence-corrected chi connectivity index (χ3v) is 4.15. The van der Waals surface area contributed by atoms with Crippen molar-refractivity contribution in [1.82, 2.24) is 0 Å². The van der Waals surface area contributed by atoms with Crippen molar-refractivity contribution in [2.45, 2.75) is 16.4 Å². The molecule has 66 valence electrons. The number of thioether (sulfide) groups is 1. The van der Waals surface area contributed by atoms with Crippen molar-refractivity contribution < 1.29 is 9.90 Å². The highest BCUT2D eigenvalue weighted by molar-refractivity contribution is 9.10. The second-order valence-electron chi connectivity index (χ2n) is 2.18. The maximum absolute atomic E-state index is 10.5. The van der Waals surface area contributed by atoms with Gasteiger partial charge in [0.1, 0.15) is 5.25 Å². The third-order valence-electron chi connectivity index (χ3n) is 1.18. The second kappa shape index (κ2) is 4.30.